The molecule has 2 rings (SSSR count). The van der Waals surface area contributed by atoms with Crippen molar-refractivity contribution < 1.29 is 18.0 Å². The van der Waals surface area contributed by atoms with Gasteiger partial charge in [-0.2, -0.15) is 13.2 Å². The number of rotatable bonds is 4. The third-order valence-corrected chi connectivity index (χ3v) is 3.50. The van der Waals surface area contributed by atoms with Gasteiger partial charge in [0.05, 0.1) is 11.3 Å². The van der Waals surface area contributed by atoms with Gasteiger partial charge in [0.15, 0.2) is 0 Å². The molecule has 0 atom stereocenters. The maximum absolute atomic E-state index is 12.0. The average molecular weight is 315 g/mol. The van der Waals surface area contributed by atoms with Crippen molar-refractivity contribution in [3.05, 3.63) is 30.1 Å². The smallest absolute Gasteiger partial charge is 0.346 e. The fraction of sp³-hybridized carbons (Fsp3) is 0.308. The Morgan fingerprint density at radius 2 is 2.00 bits per heavy atom. The van der Waals surface area contributed by atoms with Crippen molar-refractivity contribution in [2.75, 3.05) is 12.3 Å². The summed E-state index contributed by atoms with van der Waals surface area (Å²) >= 11 is 1.09. The Hall–Kier alpha value is -1.83. The van der Waals surface area contributed by atoms with Crippen molar-refractivity contribution in [2.45, 2.75) is 18.1 Å². The van der Waals surface area contributed by atoms with Gasteiger partial charge < -0.3 is 5.32 Å². The van der Waals surface area contributed by atoms with Crippen LogP contribution in [0.25, 0.3) is 10.9 Å². The topological polar surface area (TPSA) is 54.9 Å². The van der Waals surface area contributed by atoms with Crippen molar-refractivity contribution in [3.8, 4) is 0 Å². The van der Waals surface area contributed by atoms with Crippen LogP contribution in [0.1, 0.15) is 5.82 Å². The number of carbonyl (C=O) groups is 1. The maximum Gasteiger partial charge on any atom is 0.405 e. The number of nitrogens with one attached hydrogen (secondary N) is 1. The van der Waals surface area contributed by atoms with Crippen LogP contribution >= 0.6 is 11.8 Å². The summed E-state index contributed by atoms with van der Waals surface area (Å²) in [4.78, 5) is 19.9. The van der Waals surface area contributed by atoms with Crippen LogP contribution in [0.3, 0.4) is 0 Å². The van der Waals surface area contributed by atoms with Crippen LogP contribution in [0.4, 0.5) is 13.2 Å². The molecule has 1 amide bonds. The molecule has 0 aliphatic heterocycles. The van der Waals surface area contributed by atoms with Crippen LogP contribution in [-0.2, 0) is 4.79 Å². The van der Waals surface area contributed by atoms with Crippen molar-refractivity contribution in [1.82, 2.24) is 15.3 Å². The quantitative estimate of drug-likeness (QED) is 0.696. The second-order valence-electron chi connectivity index (χ2n) is 4.27. The zero-order valence-electron chi connectivity index (χ0n) is 11.1. The molecule has 0 spiro atoms. The highest BCUT2D eigenvalue weighted by atomic mass is 32.2. The fourth-order valence-electron chi connectivity index (χ4n) is 1.65. The Bertz CT molecular complexity index is 661. The number of alkyl halides is 3. The molecular formula is C13H12F3N3OS. The molecule has 1 aromatic carbocycles. The summed E-state index contributed by atoms with van der Waals surface area (Å²) in [5.74, 6) is -0.263. The lowest BCUT2D eigenvalue weighted by atomic mass is 10.2. The van der Waals surface area contributed by atoms with E-state index in [0.29, 0.717) is 10.9 Å². The van der Waals surface area contributed by atoms with E-state index in [0.717, 1.165) is 22.7 Å². The van der Waals surface area contributed by atoms with Gasteiger partial charge in [-0.05, 0) is 13.0 Å². The van der Waals surface area contributed by atoms with Gasteiger partial charge >= 0.3 is 6.18 Å². The first-order chi connectivity index (χ1) is 9.85. The summed E-state index contributed by atoms with van der Waals surface area (Å²) in [6.07, 6.45) is -4.40. The molecule has 0 aliphatic carbocycles. The fourth-order valence-corrected chi connectivity index (χ4v) is 2.55. The molecule has 0 bridgehead atoms. The first-order valence-corrected chi connectivity index (χ1v) is 7.03. The number of aryl methyl sites for hydroxylation is 1. The number of benzene rings is 1. The van der Waals surface area contributed by atoms with Gasteiger partial charge in [0.1, 0.15) is 17.4 Å². The molecule has 0 unspecified atom stereocenters. The molecule has 0 saturated carbocycles. The standard InChI is InChI=1S/C13H12F3N3OS/c1-8-18-10-5-3-2-4-9(10)12(19-8)21-6-11(20)17-7-13(14,15)16/h2-5H,6-7H2,1H3,(H,17,20). The zero-order chi connectivity index (χ0) is 15.5. The predicted molar refractivity (Wildman–Crippen MR) is 74.1 cm³/mol. The van der Waals surface area contributed by atoms with Crippen LogP contribution < -0.4 is 5.32 Å². The van der Waals surface area contributed by atoms with E-state index in [9.17, 15) is 18.0 Å². The molecule has 8 heteroatoms. The van der Waals surface area contributed by atoms with Gasteiger partial charge in [0.2, 0.25) is 5.91 Å². The van der Waals surface area contributed by atoms with Gasteiger partial charge in [0, 0.05) is 5.39 Å². The number of amides is 1. The number of hydrogen-bond donors (Lipinski definition) is 1. The molecule has 1 N–H and O–H groups in total. The molecule has 1 aromatic heterocycles. The molecule has 1 heterocycles. The minimum atomic E-state index is -4.40. The normalized spacial score (nSPS) is 11.6. The van der Waals surface area contributed by atoms with Crippen molar-refractivity contribution in [2.24, 2.45) is 0 Å². The number of hydrogen-bond acceptors (Lipinski definition) is 4. The first kappa shape index (κ1) is 15.6. The Balaban J connectivity index is 2.05. The first-order valence-electron chi connectivity index (χ1n) is 6.05. The highest BCUT2D eigenvalue weighted by Crippen LogP contribution is 2.25. The third-order valence-electron chi connectivity index (χ3n) is 2.51. The van der Waals surface area contributed by atoms with E-state index in [-0.39, 0.29) is 5.75 Å². The van der Waals surface area contributed by atoms with Gasteiger partial charge in [-0.3, -0.25) is 4.79 Å². The van der Waals surface area contributed by atoms with Crippen LogP contribution in [0, 0.1) is 6.92 Å². The molecule has 0 radical (unpaired) electrons. The highest BCUT2D eigenvalue weighted by Gasteiger charge is 2.27. The Morgan fingerprint density at radius 1 is 1.29 bits per heavy atom. The predicted octanol–water partition coefficient (Wildman–Crippen LogP) is 2.71. The Morgan fingerprint density at radius 3 is 2.71 bits per heavy atom. The SMILES string of the molecule is Cc1nc(SCC(=O)NCC(F)(F)F)c2ccccc2n1. The van der Waals surface area contributed by atoms with E-state index in [1.807, 2.05) is 29.6 Å². The van der Waals surface area contributed by atoms with Gasteiger partial charge in [-0.1, -0.05) is 30.0 Å². The number of aromatic nitrogens is 2. The second-order valence-corrected chi connectivity index (χ2v) is 5.24. The lowest BCUT2D eigenvalue weighted by molar-refractivity contribution is -0.136. The summed E-state index contributed by atoms with van der Waals surface area (Å²) in [5, 5.41) is 3.19. The molecule has 2 aromatic rings. The molecular weight excluding hydrogens is 303 g/mol. The van der Waals surface area contributed by atoms with Gasteiger partial charge in [-0.25, -0.2) is 9.97 Å². The molecule has 0 saturated heterocycles. The van der Waals surface area contributed by atoms with Crippen LogP contribution in [0.2, 0.25) is 0 Å². The van der Waals surface area contributed by atoms with E-state index in [2.05, 4.69) is 9.97 Å². The Labute approximate surface area is 123 Å². The summed E-state index contributed by atoms with van der Waals surface area (Å²) in [5.41, 5.74) is 0.739. The minimum Gasteiger partial charge on any atom is -0.346 e. The van der Waals surface area contributed by atoms with Crippen LogP contribution in [0.15, 0.2) is 29.3 Å². The number of para-hydroxylation sites is 1. The van der Waals surface area contributed by atoms with E-state index in [4.69, 9.17) is 0 Å². The molecule has 0 aliphatic rings. The maximum atomic E-state index is 12.0. The summed E-state index contributed by atoms with van der Waals surface area (Å²) in [6.45, 7) is 0.399. The van der Waals surface area contributed by atoms with E-state index in [1.165, 1.54) is 0 Å². The monoisotopic (exact) mass is 315 g/mol. The minimum absolute atomic E-state index is 0.128. The number of thioether (sulfide) groups is 1. The third kappa shape index (κ3) is 4.59. The summed E-state index contributed by atoms with van der Waals surface area (Å²) in [7, 11) is 0. The van der Waals surface area contributed by atoms with Gasteiger partial charge in [0.25, 0.3) is 0 Å². The van der Waals surface area contributed by atoms with Crippen molar-refractivity contribution >= 4 is 28.6 Å². The second kappa shape index (κ2) is 6.30. The van der Waals surface area contributed by atoms with E-state index in [1.54, 1.807) is 6.92 Å². The molecule has 4 nitrogen and oxygen atoms in total. The van der Waals surface area contributed by atoms with Crippen molar-refractivity contribution in [1.29, 1.82) is 0 Å². The van der Waals surface area contributed by atoms with Crippen LogP contribution in [-0.4, -0.2) is 34.3 Å². The number of halogens is 3. The molecule has 21 heavy (non-hydrogen) atoms. The largest absolute Gasteiger partial charge is 0.405 e. The Kier molecular flexibility index (Phi) is 4.66. The number of nitrogens with zero attached hydrogens (tertiary/aromatic N) is 2. The van der Waals surface area contributed by atoms with E-state index < -0.39 is 18.6 Å². The summed E-state index contributed by atoms with van der Waals surface area (Å²) in [6, 6.07) is 7.27. The highest BCUT2D eigenvalue weighted by molar-refractivity contribution is 8.00. The number of fused-ring (bicyclic) bond motifs is 1. The molecule has 0 fully saturated rings. The summed E-state index contributed by atoms with van der Waals surface area (Å²) < 4.78 is 36.0. The lowest BCUT2D eigenvalue weighted by Crippen LogP contribution is -2.34. The van der Waals surface area contributed by atoms with Crippen molar-refractivity contribution in [3.63, 3.8) is 0 Å². The number of carbonyl (C=O) groups excluding carboxylic acids is 1. The average Bonchev–Trinajstić information content (AvgIpc) is 2.41. The van der Waals surface area contributed by atoms with E-state index >= 15 is 0 Å². The lowest BCUT2D eigenvalue weighted by Gasteiger charge is -2.09. The molecule has 112 valence electrons. The van der Waals surface area contributed by atoms with Gasteiger partial charge in [-0.15, -0.1) is 0 Å². The van der Waals surface area contributed by atoms with Crippen LogP contribution in [0.5, 0.6) is 0 Å². The zero-order valence-corrected chi connectivity index (χ0v) is 11.9.